The molecule has 0 aromatic carbocycles. The number of nitrogens with zero attached hydrogens (tertiary/aromatic N) is 2. The lowest BCUT2D eigenvalue weighted by Gasteiger charge is -2.23. The molecule has 0 saturated carbocycles. The second-order valence-corrected chi connectivity index (χ2v) is 5.44. The third-order valence-corrected chi connectivity index (χ3v) is 3.91. The molecule has 0 fully saturated rings. The smallest absolute Gasteiger partial charge is 0.267 e. The highest BCUT2D eigenvalue weighted by atomic mass is 127. The Hall–Kier alpha value is -0.430. The minimum absolute atomic E-state index is 0.0278. The van der Waals surface area contributed by atoms with Crippen LogP contribution in [0.1, 0.15) is 26.0 Å². The molecule has 16 heavy (non-hydrogen) atoms. The largest absolute Gasteiger partial charge is 0.379 e. The topological polar surface area (TPSA) is 44.1 Å². The van der Waals surface area contributed by atoms with Crippen molar-refractivity contribution in [1.82, 2.24) is 9.55 Å². The van der Waals surface area contributed by atoms with E-state index in [1.165, 1.54) is 0 Å². The molecule has 1 aromatic heterocycles. The molecule has 1 aromatic rings. The lowest BCUT2D eigenvalue weighted by molar-refractivity contribution is 0.0118. The Bertz CT molecular complexity index is 426. The summed E-state index contributed by atoms with van der Waals surface area (Å²) in [6.07, 6.45) is 2.38. The third kappa shape index (κ3) is 3.28. The number of rotatable bonds is 4. The van der Waals surface area contributed by atoms with E-state index in [2.05, 4.69) is 4.98 Å². The van der Waals surface area contributed by atoms with Crippen LogP contribution in [0.15, 0.2) is 11.1 Å². The van der Waals surface area contributed by atoms with Gasteiger partial charge in [0, 0.05) is 13.7 Å². The van der Waals surface area contributed by atoms with Crippen LogP contribution in [0.3, 0.4) is 0 Å². The highest BCUT2D eigenvalue weighted by molar-refractivity contribution is 14.1. The van der Waals surface area contributed by atoms with Crippen LogP contribution in [0, 0.1) is 10.5 Å². The predicted molar refractivity (Wildman–Crippen MR) is 71.7 cm³/mol. The quantitative estimate of drug-likeness (QED) is 0.790. The van der Waals surface area contributed by atoms with Crippen LogP contribution in [0.4, 0.5) is 0 Å². The van der Waals surface area contributed by atoms with Crippen molar-refractivity contribution in [2.24, 2.45) is 0 Å². The molecule has 0 saturated heterocycles. The number of aryl methyl sites for hydroxylation is 2. The number of aromatic nitrogens is 2. The number of halogens is 1. The molecular formula is C11H17IN2O2. The summed E-state index contributed by atoms with van der Waals surface area (Å²) in [7, 11) is 1.68. The average Bonchev–Trinajstić information content (AvgIpc) is 2.25. The summed E-state index contributed by atoms with van der Waals surface area (Å²) in [6, 6.07) is 0. The van der Waals surface area contributed by atoms with E-state index in [1.54, 1.807) is 18.0 Å². The van der Waals surface area contributed by atoms with E-state index < -0.39 is 0 Å². The zero-order valence-corrected chi connectivity index (χ0v) is 12.2. The molecule has 0 bridgehead atoms. The molecular weight excluding hydrogens is 319 g/mol. The van der Waals surface area contributed by atoms with Crippen molar-refractivity contribution in [3.63, 3.8) is 0 Å². The molecule has 0 aliphatic rings. The van der Waals surface area contributed by atoms with Crippen molar-refractivity contribution in [2.75, 3.05) is 7.11 Å². The van der Waals surface area contributed by atoms with Crippen molar-refractivity contribution in [2.45, 2.75) is 39.3 Å². The average molecular weight is 336 g/mol. The summed E-state index contributed by atoms with van der Waals surface area (Å²) in [4.78, 5) is 16.1. The van der Waals surface area contributed by atoms with E-state index in [0.717, 1.165) is 12.1 Å². The van der Waals surface area contributed by atoms with Gasteiger partial charge in [0.05, 0.1) is 21.2 Å². The normalized spacial score (nSPS) is 11.8. The molecule has 0 aliphatic carbocycles. The van der Waals surface area contributed by atoms with Gasteiger partial charge in [0.2, 0.25) is 0 Å². The van der Waals surface area contributed by atoms with Gasteiger partial charge in [0.1, 0.15) is 0 Å². The van der Waals surface area contributed by atoms with Crippen molar-refractivity contribution < 1.29 is 4.74 Å². The molecule has 0 amide bonds. The molecule has 0 spiro atoms. The molecule has 5 heteroatoms. The maximum Gasteiger partial charge on any atom is 0.267 e. The van der Waals surface area contributed by atoms with Crippen LogP contribution in [0.25, 0.3) is 0 Å². The van der Waals surface area contributed by atoms with E-state index in [0.29, 0.717) is 10.1 Å². The maximum atomic E-state index is 11.9. The van der Waals surface area contributed by atoms with Crippen molar-refractivity contribution in [3.05, 3.63) is 25.9 Å². The highest BCUT2D eigenvalue weighted by Gasteiger charge is 2.16. The van der Waals surface area contributed by atoms with E-state index in [9.17, 15) is 4.79 Å². The minimum Gasteiger partial charge on any atom is -0.379 e. The molecule has 0 radical (unpaired) electrons. The standard InChI is InChI=1S/C11H17IN2O2/c1-8-9(12)10(15)14(7-13-8)6-5-11(2,3)16-4/h7H,5-6H2,1-4H3. The van der Waals surface area contributed by atoms with Gasteiger partial charge in [-0.05, 0) is 49.8 Å². The molecule has 0 unspecified atom stereocenters. The van der Waals surface area contributed by atoms with Gasteiger partial charge in [-0.1, -0.05) is 0 Å². The fraction of sp³-hybridized carbons (Fsp3) is 0.636. The lowest BCUT2D eigenvalue weighted by Crippen LogP contribution is -2.30. The third-order valence-electron chi connectivity index (χ3n) is 2.66. The second-order valence-electron chi connectivity index (χ2n) is 4.36. The Morgan fingerprint density at radius 2 is 2.19 bits per heavy atom. The van der Waals surface area contributed by atoms with Crippen LogP contribution < -0.4 is 5.56 Å². The number of hydrogen-bond donors (Lipinski definition) is 0. The second kappa shape index (κ2) is 5.27. The van der Waals surface area contributed by atoms with Gasteiger partial charge in [0.15, 0.2) is 0 Å². The zero-order chi connectivity index (χ0) is 12.3. The van der Waals surface area contributed by atoms with Crippen molar-refractivity contribution in [1.29, 1.82) is 0 Å². The summed E-state index contributed by atoms with van der Waals surface area (Å²) in [5.41, 5.74) is 0.600. The number of ether oxygens (including phenoxy) is 1. The monoisotopic (exact) mass is 336 g/mol. The maximum absolute atomic E-state index is 11.9. The number of methoxy groups -OCH3 is 1. The molecule has 1 rings (SSSR count). The Morgan fingerprint density at radius 1 is 1.56 bits per heavy atom. The van der Waals surface area contributed by atoms with E-state index in [-0.39, 0.29) is 11.2 Å². The Morgan fingerprint density at radius 3 is 2.75 bits per heavy atom. The molecule has 90 valence electrons. The van der Waals surface area contributed by atoms with Crippen LogP contribution in [-0.2, 0) is 11.3 Å². The first kappa shape index (κ1) is 13.6. The predicted octanol–water partition coefficient (Wildman–Crippen LogP) is 1.97. The molecule has 0 atom stereocenters. The van der Waals surface area contributed by atoms with E-state index >= 15 is 0 Å². The summed E-state index contributed by atoms with van der Waals surface area (Å²) in [5.74, 6) is 0. The van der Waals surface area contributed by atoms with E-state index in [4.69, 9.17) is 4.74 Å². The summed E-state index contributed by atoms with van der Waals surface area (Å²) >= 11 is 2.04. The van der Waals surface area contributed by atoms with Gasteiger partial charge in [-0.15, -0.1) is 0 Å². The van der Waals surface area contributed by atoms with Gasteiger partial charge >= 0.3 is 0 Å². The van der Waals surface area contributed by atoms with Crippen LogP contribution in [0.2, 0.25) is 0 Å². The fourth-order valence-electron chi connectivity index (χ4n) is 1.20. The van der Waals surface area contributed by atoms with Gasteiger partial charge in [-0.25, -0.2) is 4.98 Å². The molecule has 0 N–H and O–H groups in total. The summed E-state index contributed by atoms with van der Waals surface area (Å²) in [5, 5.41) is 0. The lowest BCUT2D eigenvalue weighted by atomic mass is 10.1. The summed E-state index contributed by atoms with van der Waals surface area (Å²) in [6.45, 7) is 6.48. The first-order valence-electron chi connectivity index (χ1n) is 5.14. The van der Waals surface area contributed by atoms with Crippen LogP contribution >= 0.6 is 22.6 Å². The molecule has 1 heterocycles. The molecule has 4 nitrogen and oxygen atoms in total. The number of hydrogen-bond acceptors (Lipinski definition) is 3. The van der Waals surface area contributed by atoms with Crippen molar-refractivity contribution >= 4 is 22.6 Å². The van der Waals surface area contributed by atoms with Crippen LogP contribution in [-0.4, -0.2) is 22.3 Å². The SMILES string of the molecule is COC(C)(C)CCn1cnc(C)c(I)c1=O. The van der Waals surface area contributed by atoms with Gasteiger partial charge in [-0.3, -0.25) is 9.36 Å². The Kier molecular flexibility index (Phi) is 4.49. The van der Waals surface area contributed by atoms with Gasteiger partial charge < -0.3 is 4.74 Å². The zero-order valence-electron chi connectivity index (χ0n) is 10.1. The fourth-order valence-corrected chi connectivity index (χ4v) is 1.65. The van der Waals surface area contributed by atoms with Crippen molar-refractivity contribution in [3.8, 4) is 0 Å². The van der Waals surface area contributed by atoms with Gasteiger partial charge in [-0.2, -0.15) is 0 Å². The first-order chi connectivity index (χ1) is 7.37. The van der Waals surface area contributed by atoms with Gasteiger partial charge in [0.25, 0.3) is 5.56 Å². The Labute approximate surface area is 109 Å². The Balaban J connectivity index is 2.84. The summed E-state index contributed by atoms with van der Waals surface area (Å²) < 4.78 is 7.64. The first-order valence-corrected chi connectivity index (χ1v) is 6.22. The molecule has 0 aliphatic heterocycles. The highest BCUT2D eigenvalue weighted by Crippen LogP contribution is 2.13. The van der Waals surface area contributed by atoms with Crippen LogP contribution in [0.5, 0.6) is 0 Å². The van der Waals surface area contributed by atoms with E-state index in [1.807, 2.05) is 43.4 Å². The minimum atomic E-state index is -0.213.